The highest BCUT2D eigenvalue weighted by atomic mass is 32.1. The Labute approximate surface area is 270 Å². The minimum atomic E-state index is -4.26. The molecule has 0 aliphatic carbocycles. The number of alkyl halides is 3. The molecule has 2 aliphatic heterocycles. The van der Waals surface area contributed by atoms with Gasteiger partial charge in [0.15, 0.2) is 0 Å². The molecule has 6 rings (SSSR count). The van der Waals surface area contributed by atoms with Crippen molar-refractivity contribution in [2.45, 2.75) is 70.8 Å². The van der Waals surface area contributed by atoms with Crippen molar-refractivity contribution in [1.82, 2.24) is 24.3 Å². The molecule has 0 spiro atoms. The summed E-state index contributed by atoms with van der Waals surface area (Å²) in [4.78, 5) is 25.6. The molecule has 8 nitrogen and oxygen atoms in total. The molecule has 0 unspecified atom stereocenters. The van der Waals surface area contributed by atoms with Gasteiger partial charge in [-0.2, -0.15) is 18.4 Å². The van der Waals surface area contributed by atoms with Crippen LogP contribution in [-0.4, -0.2) is 68.6 Å². The molecule has 12 heteroatoms. The van der Waals surface area contributed by atoms with Gasteiger partial charge in [-0.15, -0.1) is 11.3 Å². The first-order valence-electron chi connectivity index (χ1n) is 15.8. The first-order chi connectivity index (χ1) is 22.1. The van der Waals surface area contributed by atoms with Crippen LogP contribution in [0.1, 0.15) is 53.8 Å². The van der Waals surface area contributed by atoms with Crippen LogP contribution < -0.4 is 5.32 Å². The number of piperidine rings is 2. The lowest BCUT2D eigenvalue weighted by atomic mass is 9.93. The van der Waals surface area contributed by atoms with Gasteiger partial charge in [-0.1, -0.05) is 12.6 Å². The number of hydrogen-bond acceptors (Lipinski definition) is 7. The van der Waals surface area contributed by atoms with E-state index < -0.39 is 12.6 Å². The fourth-order valence-corrected chi connectivity index (χ4v) is 7.91. The summed E-state index contributed by atoms with van der Waals surface area (Å²) < 4.78 is 40.9. The summed E-state index contributed by atoms with van der Waals surface area (Å²) in [6.45, 7) is 10.6. The van der Waals surface area contributed by atoms with E-state index >= 15 is 0 Å². The van der Waals surface area contributed by atoms with Crippen LogP contribution in [0.4, 0.5) is 19.0 Å². The van der Waals surface area contributed by atoms with Gasteiger partial charge in [0.05, 0.1) is 11.8 Å². The molecule has 5 heterocycles. The van der Waals surface area contributed by atoms with Crippen molar-refractivity contribution in [3.63, 3.8) is 0 Å². The first kappa shape index (κ1) is 32.0. The molecule has 2 aliphatic rings. The molecule has 3 aromatic heterocycles. The van der Waals surface area contributed by atoms with Crippen molar-refractivity contribution >= 4 is 44.2 Å². The Hall–Kier alpha value is -3.95. The highest BCUT2D eigenvalue weighted by Crippen LogP contribution is 2.34. The molecule has 2 saturated heterocycles. The molecule has 0 radical (unpaired) electrons. The van der Waals surface area contributed by atoms with Crippen molar-refractivity contribution in [3.8, 4) is 6.07 Å². The number of anilines is 1. The van der Waals surface area contributed by atoms with E-state index in [0.29, 0.717) is 27.6 Å². The number of amides is 1. The van der Waals surface area contributed by atoms with Crippen LogP contribution in [0.5, 0.6) is 0 Å². The average Bonchev–Trinajstić information content (AvgIpc) is 3.62. The lowest BCUT2D eigenvalue weighted by Crippen LogP contribution is -2.39. The van der Waals surface area contributed by atoms with Crippen molar-refractivity contribution in [2.75, 3.05) is 31.5 Å². The van der Waals surface area contributed by atoms with E-state index in [2.05, 4.69) is 56.5 Å². The van der Waals surface area contributed by atoms with E-state index in [-0.39, 0.29) is 16.8 Å². The van der Waals surface area contributed by atoms with Crippen molar-refractivity contribution in [2.24, 2.45) is 5.92 Å². The number of aromatic nitrogens is 3. The molecule has 242 valence electrons. The maximum atomic E-state index is 12.9. The number of likely N-dealkylation sites (tertiary alicyclic amines) is 2. The third-order valence-electron chi connectivity index (χ3n) is 9.52. The highest BCUT2D eigenvalue weighted by Gasteiger charge is 2.29. The Bertz CT molecular complexity index is 1770. The molecule has 46 heavy (non-hydrogen) atoms. The Morgan fingerprint density at radius 1 is 1.13 bits per heavy atom. The van der Waals surface area contributed by atoms with Gasteiger partial charge in [0.1, 0.15) is 28.7 Å². The second-order valence-electron chi connectivity index (χ2n) is 12.5. The molecule has 2 fully saturated rings. The summed E-state index contributed by atoms with van der Waals surface area (Å²) >= 11 is 1.07. The molecular formula is C34H38F3N7OS. The maximum absolute atomic E-state index is 12.9. The number of nitriles is 1. The first-order valence-corrected chi connectivity index (χ1v) is 16.7. The molecule has 0 saturated carbocycles. The minimum absolute atomic E-state index is 0.00000725. The van der Waals surface area contributed by atoms with E-state index in [1.807, 2.05) is 11.0 Å². The quantitative estimate of drug-likeness (QED) is 0.200. The second kappa shape index (κ2) is 13.4. The van der Waals surface area contributed by atoms with Crippen LogP contribution in [0.15, 0.2) is 43.2 Å². The minimum Gasteiger partial charge on any atom is -0.367 e. The topological polar surface area (TPSA) is 90.1 Å². The van der Waals surface area contributed by atoms with Crippen molar-refractivity contribution < 1.29 is 18.0 Å². The summed E-state index contributed by atoms with van der Waals surface area (Å²) in [6, 6.07) is 10.5. The van der Waals surface area contributed by atoms with Crippen molar-refractivity contribution in [3.05, 3.63) is 64.9 Å². The number of fused-ring (bicyclic) bond motifs is 2. The molecule has 0 bridgehead atoms. The zero-order valence-electron chi connectivity index (χ0n) is 25.9. The zero-order valence-corrected chi connectivity index (χ0v) is 26.8. The van der Waals surface area contributed by atoms with Crippen LogP contribution in [0.3, 0.4) is 0 Å². The normalized spacial score (nSPS) is 17.1. The number of nitrogens with zero attached hydrogens (tertiary/aromatic N) is 6. The number of aryl methyl sites for hydroxylation is 2. The summed E-state index contributed by atoms with van der Waals surface area (Å²) in [6.07, 6.45) is 2.27. The molecular weight excluding hydrogens is 611 g/mol. The van der Waals surface area contributed by atoms with E-state index in [1.165, 1.54) is 23.5 Å². The second-order valence-corrected chi connectivity index (χ2v) is 13.6. The van der Waals surface area contributed by atoms with E-state index in [1.54, 1.807) is 6.07 Å². The molecule has 4 aromatic rings. The van der Waals surface area contributed by atoms with Gasteiger partial charge in [0.25, 0.3) is 0 Å². The van der Waals surface area contributed by atoms with Crippen LogP contribution in [-0.2, 0) is 24.3 Å². The molecule has 1 N–H and O–H groups in total. The van der Waals surface area contributed by atoms with Gasteiger partial charge >= 0.3 is 6.18 Å². The maximum Gasteiger partial charge on any atom is 0.393 e. The average molecular weight is 650 g/mol. The summed E-state index contributed by atoms with van der Waals surface area (Å²) in [5.74, 6) is 1.12. The molecule has 0 atom stereocenters. The highest BCUT2D eigenvalue weighted by molar-refractivity contribution is 7.18. The number of nitrogens with one attached hydrogen (secondary N) is 1. The summed E-state index contributed by atoms with van der Waals surface area (Å²) in [5.41, 5.74) is 4.20. The fraction of sp³-hybridized carbons (Fsp3) is 0.471. The molecule has 1 aromatic carbocycles. The van der Waals surface area contributed by atoms with Gasteiger partial charge in [0.2, 0.25) is 5.91 Å². The third-order valence-corrected chi connectivity index (χ3v) is 10.6. The lowest BCUT2D eigenvalue weighted by molar-refractivity contribution is -0.127. The van der Waals surface area contributed by atoms with E-state index in [9.17, 15) is 23.2 Å². The van der Waals surface area contributed by atoms with Crippen LogP contribution >= 0.6 is 11.3 Å². The van der Waals surface area contributed by atoms with Gasteiger partial charge in [-0.25, -0.2) is 9.97 Å². The largest absolute Gasteiger partial charge is 0.393 e. The third kappa shape index (κ3) is 7.05. The number of carbonyl (C=O) groups excluding carboxylic acids is 1. The van der Waals surface area contributed by atoms with Gasteiger partial charge in [0, 0.05) is 61.1 Å². The van der Waals surface area contributed by atoms with Crippen LogP contribution in [0.2, 0.25) is 0 Å². The lowest BCUT2D eigenvalue weighted by Gasteiger charge is -2.33. The van der Waals surface area contributed by atoms with Crippen LogP contribution in [0.25, 0.3) is 21.1 Å². The Morgan fingerprint density at radius 3 is 2.59 bits per heavy atom. The van der Waals surface area contributed by atoms with Gasteiger partial charge in [-0.05, 0) is 80.3 Å². The summed E-state index contributed by atoms with van der Waals surface area (Å²) in [5, 5.41) is 15.2. The van der Waals surface area contributed by atoms with Gasteiger partial charge in [-0.3, -0.25) is 9.69 Å². The van der Waals surface area contributed by atoms with Gasteiger partial charge < -0.3 is 14.8 Å². The predicted octanol–water partition coefficient (Wildman–Crippen LogP) is 6.82. The van der Waals surface area contributed by atoms with Crippen LogP contribution in [0, 0.1) is 24.2 Å². The van der Waals surface area contributed by atoms with E-state index in [0.717, 1.165) is 93.6 Å². The smallest absolute Gasteiger partial charge is 0.367 e. The fourth-order valence-electron chi connectivity index (χ4n) is 6.88. The predicted molar refractivity (Wildman–Crippen MR) is 175 cm³/mol. The number of benzene rings is 1. The number of thiophene rings is 1. The standard InChI is InChI=1S/C34H38F3N7OS/c1-3-31(45)43-13-6-23(7-14-43)8-15-44-26(19-38)16-28-22(2)24(4-5-30(28)44)20-42-11-9-25(10-12-42)41-32-29-17-27(18-34(35,36)37)46-33(29)40-21-39-32/h3-5,16-17,21,23,25H,1,6-15,18,20H2,2H3,(H,39,40,41). The number of hydrogen-bond donors (Lipinski definition) is 1. The number of carbonyl (C=O) groups is 1. The van der Waals surface area contributed by atoms with Crippen molar-refractivity contribution in [1.29, 1.82) is 5.26 Å². The zero-order chi connectivity index (χ0) is 32.4. The number of halogens is 3. The Morgan fingerprint density at radius 2 is 1.89 bits per heavy atom. The Kier molecular flexibility index (Phi) is 9.34. The summed E-state index contributed by atoms with van der Waals surface area (Å²) in [7, 11) is 0. The monoisotopic (exact) mass is 649 g/mol. The number of rotatable bonds is 9. The SMILES string of the molecule is C=CC(=O)N1CCC(CCn2c(C#N)cc3c(C)c(CN4CCC(Nc5ncnc6sc(CC(F)(F)F)cc56)CC4)ccc32)CC1. The molecule has 1 amide bonds. The Balaban J connectivity index is 1.06. The van der Waals surface area contributed by atoms with E-state index in [4.69, 9.17) is 0 Å².